The van der Waals surface area contributed by atoms with Crippen molar-refractivity contribution in [2.24, 2.45) is 5.92 Å². The molecule has 2 aromatic carbocycles. The summed E-state index contributed by atoms with van der Waals surface area (Å²) in [4.78, 5) is 63.0. The van der Waals surface area contributed by atoms with Crippen molar-refractivity contribution in [2.45, 2.75) is 76.2 Å². The number of phenols is 1. The highest BCUT2D eigenvalue weighted by Gasteiger charge is 2.54. The molecule has 1 unspecified atom stereocenters. The first kappa shape index (κ1) is 39.8. The summed E-state index contributed by atoms with van der Waals surface area (Å²) in [6.07, 6.45) is -0.361. The van der Waals surface area contributed by atoms with Crippen LogP contribution in [0.4, 0.5) is 35.2 Å². The van der Waals surface area contributed by atoms with Gasteiger partial charge in [0.05, 0.1) is 17.9 Å². The van der Waals surface area contributed by atoms with E-state index in [2.05, 4.69) is 30.6 Å². The van der Waals surface area contributed by atoms with Crippen molar-refractivity contribution in [1.29, 1.82) is 0 Å². The first-order valence-corrected chi connectivity index (χ1v) is 20.8. The molecular weight excluding hydrogens is 782 g/mol. The van der Waals surface area contributed by atoms with Crippen molar-refractivity contribution in [1.82, 2.24) is 35.1 Å². The number of carbonyl (C=O) groups is 4. The van der Waals surface area contributed by atoms with Crippen LogP contribution in [0.25, 0.3) is 11.3 Å². The molecule has 6 aliphatic rings. The molecule has 318 valence electrons. The second-order valence-electron chi connectivity index (χ2n) is 17.2. The molecule has 4 atom stereocenters. The topological polar surface area (TPSA) is 158 Å². The SMILES string of the molecule is C[C@@H]1CN(CC2CCN(c3ccc4c(c3)C(=O)N(C3CCC(=O)NC3=O)C4)CC2)C[C@H](C)N1C(=O)N1CCN2c3cc(-c4cccc(F)c4O)nnc3NC[C@@]2(C(F)F)C1. The Morgan fingerprint density at radius 3 is 2.47 bits per heavy atom. The van der Waals surface area contributed by atoms with Crippen LogP contribution in [-0.4, -0.2) is 148 Å². The predicted molar refractivity (Wildman–Crippen MR) is 215 cm³/mol. The van der Waals surface area contributed by atoms with Crippen molar-refractivity contribution < 1.29 is 37.5 Å². The molecular formula is C42H49F3N10O5. The largest absolute Gasteiger partial charge is 0.504 e. The standard InChI is InChI=1S/C42H49F3N10O5/c1-24-18-50(20-26-10-12-51(13-11-26)28-7-6-27-21-53(39(59)30(27)16-28)33-8-9-35(56)47-38(33)58)19-25(2)55(24)41(60)52-14-15-54-34-17-32(29-4-3-5-31(43)36(29)57)48-49-37(34)46-22-42(54,23-52)40(44)45/h3-7,16-17,24-26,33,40,57H,8-15,18-23H2,1-2H3,(H,46,49)(H,47,56,58)/t24-,25+,33?,42-/m0/s1. The van der Waals surface area contributed by atoms with Crippen LogP contribution < -0.4 is 20.4 Å². The Hall–Kier alpha value is -5.65. The molecule has 3 N–H and O–H groups in total. The van der Waals surface area contributed by atoms with Gasteiger partial charge in [0, 0.05) is 94.2 Å². The number of urea groups is 1. The highest BCUT2D eigenvalue weighted by atomic mass is 19.3. The van der Waals surface area contributed by atoms with Gasteiger partial charge >= 0.3 is 6.03 Å². The summed E-state index contributed by atoms with van der Waals surface area (Å²) < 4.78 is 44.7. The molecule has 4 fully saturated rings. The Morgan fingerprint density at radius 2 is 1.73 bits per heavy atom. The van der Waals surface area contributed by atoms with Crippen molar-refractivity contribution in [3.63, 3.8) is 0 Å². The number of benzene rings is 2. The van der Waals surface area contributed by atoms with Gasteiger partial charge in [-0.1, -0.05) is 12.1 Å². The molecule has 1 aromatic heterocycles. The second-order valence-corrected chi connectivity index (χ2v) is 17.2. The summed E-state index contributed by atoms with van der Waals surface area (Å²) in [7, 11) is 0. The van der Waals surface area contributed by atoms with Crippen LogP contribution in [0.5, 0.6) is 5.75 Å². The number of phenolic OH excluding ortho intramolecular Hbond substituents is 1. The molecule has 0 spiro atoms. The second kappa shape index (κ2) is 15.4. The summed E-state index contributed by atoms with van der Waals surface area (Å²) in [5.41, 5.74) is 1.30. The molecule has 7 heterocycles. The Bertz CT molecular complexity index is 2210. The van der Waals surface area contributed by atoms with E-state index in [1.54, 1.807) is 14.7 Å². The molecule has 6 aliphatic heterocycles. The number of fused-ring (bicyclic) bond motifs is 4. The molecule has 18 heteroatoms. The maximum absolute atomic E-state index is 15.3. The lowest BCUT2D eigenvalue weighted by atomic mass is 9.90. The summed E-state index contributed by atoms with van der Waals surface area (Å²) >= 11 is 0. The van der Waals surface area contributed by atoms with E-state index in [9.17, 15) is 28.7 Å². The fourth-order valence-electron chi connectivity index (χ4n) is 10.3. The lowest BCUT2D eigenvalue weighted by Gasteiger charge is -2.55. The van der Waals surface area contributed by atoms with Gasteiger partial charge in [0.2, 0.25) is 11.8 Å². The number of aromatic nitrogens is 2. The van der Waals surface area contributed by atoms with Gasteiger partial charge in [-0.15, -0.1) is 10.2 Å². The van der Waals surface area contributed by atoms with Crippen LogP contribution in [-0.2, 0) is 16.1 Å². The Morgan fingerprint density at radius 1 is 0.967 bits per heavy atom. The van der Waals surface area contributed by atoms with Crippen LogP contribution in [0.1, 0.15) is 55.5 Å². The van der Waals surface area contributed by atoms with Gasteiger partial charge in [0.15, 0.2) is 17.4 Å². The number of rotatable bonds is 6. The van der Waals surface area contributed by atoms with E-state index in [-0.39, 0.29) is 73.8 Å². The van der Waals surface area contributed by atoms with Gasteiger partial charge < -0.3 is 34.9 Å². The minimum Gasteiger partial charge on any atom is -0.504 e. The summed E-state index contributed by atoms with van der Waals surface area (Å²) in [5.74, 6) is -1.60. The van der Waals surface area contributed by atoms with E-state index in [1.165, 1.54) is 18.2 Å². The van der Waals surface area contributed by atoms with E-state index in [1.807, 2.05) is 36.9 Å². The smallest absolute Gasteiger partial charge is 0.320 e. The number of anilines is 3. The first-order chi connectivity index (χ1) is 28.8. The number of amides is 5. The lowest BCUT2D eigenvalue weighted by Crippen LogP contribution is -2.73. The summed E-state index contributed by atoms with van der Waals surface area (Å²) in [6.45, 7) is 8.20. The molecule has 3 aromatic rings. The maximum Gasteiger partial charge on any atom is 0.320 e. The first-order valence-electron chi connectivity index (χ1n) is 20.8. The van der Waals surface area contributed by atoms with Crippen LogP contribution >= 0.6 is 0 Å². The van der Waals surface area contributed by atoms with Crippen molar-refractivity contribution in [3.05, 3.63) is 59.4 Å². The molecule has 0 aliphatic carbocycles. The third-order valence-corrected chi connectivity index (χ3v) is 13.4. The molecule has 0 radical (unpaired) electrons. The lowest BCUT2D eigenvalue weighted by molar-refractivity contribution is -0.136. The maximum atomic E-state index is 15.3. The van der Waals surface area contributed by atoms with Gasteiger partial charge in [-0.3, -0.25) is 24.6 Å². The number of piperidine rings is 2. The van der Waals surface area contributed by atoms with E-state index < -0.39 is 35.5 Å². The van der Waals surface area contributed by atoms with Crippen molar-refractivity contribution >= 4 is 40.9 Å². The molecule has 9 rings (SSSR count). The number of carbonyl (C=O) groups excluding carboxylic acids is 4. The normalized spacial score (nSPS) is 26.2. The van der Waals surface area contributed by atoms with E-state index in [0.29, 0.717) is 49.0 Å². The minimum absolute atomic E-state index is 0.0939. The number of aromatic hydroxyl groups is 1. The zero-order valence-electron chi connectivity index (χ0n) is 33.6. The summed E-state index contributed by atoms with van der Waals surface area (Å²) in [5, 5.41) is 24.0. The molecule has 0 bridgehead atoms. The molecule has 5 amide bonds. The Labute approximate surface area is 345 Å². The van der Waals surface area contributed by atoms with E-state index in [0.717, 1.165) is 49.8 Å². The number of piperazine rings is 2. The van der Waals surface area contributed by atoms with Crippen molar-refractivity contribution in [3.8, 4) is 17.0 Å². The quantitative estimate of drug-likeness (QED) is 0.311. The number of nitrogens with zero attached hydrogens (tertiary/aromatic N) is 8. The molecule has 0 saturated carbocycles. The van der Waals surface area contributed by atoms with Crippen LogP contribution in [0, 0.1) is 11.7 Å². The van der Waals surface area contributed by atoms with Gasteiger partial charge in [-0.05, 0) is 74.9 Å². The average Bonchev–Trinajstić information content (AvgIpc) is 3.56. The fourth-order valence-corrected chi connectivity index (χ4v) is 10.3. The third kappa shape index (κ3) is 6.91. The van der Waals surface area contributed by atoms with Crippen LogP contribution in [0.15, 0.2) is 42.5 Å². The number of halogens is 3. The van der Waals surface area contributed by atoms with Gasteiger partial charge in [0.25, 0.3) is 12.3 Å². The molecule has 60 heavy (non-hydrogen) atoms. The van der Waals surface area contributed by atoms with Crippen LogP contribution in [0.2, 0.25) is 0 Å². The minimum atomic E-state index is -2.83. The number of hydrogen-bond acceptors (Lipinski definition) is 11. The Kier molecular flexibility index (Phi) is 10.2. The number of imide groups is 1. The zero-order chi connectivity index (χ0) is 42.0. The number of nitrogens with one attached hydrogen (secondary N) is 2. The molecule has 15 nitrogen and oxygen atoms in total. The monoisotopic (exact) mass is 830 g/mol. The van der Waals surface area contributed by atoms with Gasteiger partial charge in [0.1, 0.15) is 11.6 Å². The average molecular weight is 831 g/mol. The van der Waals surface area contributed by atoms with Crippen LogP contribution in [0.3, 0.4) is 0 Å². The molecule has 4 saturated heterocycles. The van der Waals surface area contributed by atoms with E-state index >= 15 is 8.78 Å². The number of hydrogen-bond donors (Lipinski definition) is 3. The fraction of sp³-hybridized carbons (Fsp3) is 0.524. The summed E-state index contributed by atoms with van der Waals surface area (Å²) in [6, 6.07) is 10.3. The van der Waals surface area contributed by atoms with Gasteiger partial charge in [-0.25, -0.2) is 18.0 Å². The highest BCUT2D eigenvalue weighted by molar-refractivity contribution is 6.05. The van der Waals surface area contributed by atoms with Crippen molar-refractivity contribution in [2.75, 3.05) is 74.0 Å². The zero-order valence-corrected chi connectivity index (χ0v) is 33.6. The number of alkyl halides is 2. The highest BCUT2D eigenvalue weighted by Crippen LogP contribution is 2.43. The van der Waals surface area contributed by atoms with Gasteiger partial charge in [-0.2, -0.15) is 0 Å². The number of para-hydroxylation sites is 1. The predicted octanol–water partition coefficient (Wildman–Crippen LogP) is 3.73. The van der Waals surface area contributed by atoms with E-state index in [4.69, 9.17) is 0 Å². The third-order valence-electron chi connectivity index (χ3n) is 13.4. The Balaban J connectivity index is 0.803.